The van der Waals surface area contributed by atoms with Crippen LogP contribution in [0, 0.1) is 6.92 Å². The predicted molar refractivity (Wildman–Crippen MR) is 97.1 cm³/mol. The molecule has 5 nitrogen and oxygen atoms in total. The molecule has 0 spiro atoms. The Labute approximate surface area is 144 Å². The second-order valence-electron chi connectivity index (χ2n) is 6.53. The van der Waals surface area contributed by atoms with Gasteiger partial charge in [-0.2, -0.15) is 0 Å². The summed E-state index contributed by atoms with van der Waals surface area (Å²) in [6.45, 7) is 4.34. The van der Waals surface area contributed by atoms with Gasteiger partial charge in [0, 0.05) is 30.8 Å². The maximum atomic E-state index is 12.4. The van der Waals surface area contributed by atoms with Gasteiger partial charge in [0.2, 0.25) is 5.91 Å². The molecule has 0 bridgehead atoms. The number of nitrogens with zero attached hydrogens (tertiary/aromatic N) is 1. The number of carbonyl (C=O) groups excluding carboxylic acids is 2. The SMILES string of the molecule is Cc1cc(C(=O)N2CCCC2)ccc1NC(=O)CCCCCCN. The Kier molecular flexibility index (Phi) is 7.25. The minimum atomic E-state index is 0.0319. The lowest BCUT2D eigenvalue weighted by Crippen LogP contribution is -2.27. The molecule has 0 aromatic heterocycles. The summed E-state index contributed by atoms with van der Waals surface area (Å²) in [5.74, 6) is 0.123. The fourth-order valence-electron chi connectivity index (χ4n) is 3.04. The van der Waals surface area contributed by atoms with Gasteiger partial charge in [-0.05, 0) is 62.9 Å². The number of anilines is 1. The highest BCUT2D eigenvalue weighted by molar-refractivity contribution is 5.96. The van der Waals surface area contributed by atoms with E-state index in [1.54, 1.807) is 0 Å². The van der Waals surface area contributed by atoms with Crippen molar-refractivity contribution in [3.8, 4) is 0 Å². The minimum absolute atomic E-state index is 0.0319. The van der Waals surface area contributed by atoms with Crippen molar-refractivity contribution in [2.75, 3.05) is 25.0 Å². The second-order valence-corrected chi connectivity index (χ2v) is 6.53. The van der Waals surface area contributed by atoms with Crippen LogP contribution < -0.4 is 11.1 Å². The van der Waals surface area contributed by atoms with Crippen LogP contribution in [0.1, 0.15) is 60.9 Å². The van der Waals surface area contributed by atoms with Gasteiger partial charge < -0.3 is 16.0 Å². The molecule has 1 aromatic carbocycles. The predicted octanol–water partition coefficient (Wildman–Crippen LogP) is 3.08. The molecule has 1 aromatic rings. The zero-order valence-corrected chi connectivity index (χ0v) is 14.6. The number of rotatable bonds is 8. The van der Waals surface area contributed by atoms with E-state index in [4.69, 9.17) is 5.73 Å². The van der Waals surface area contributed by atoms with Crippen molar-refractivity contribution in [2.45, 2.75) is 51.9 Å². The van der Waals surface area contributed by atoms with E-state index < -0.39 is 0 Å². The molecule has 5 heteroatoms. The number of nitrogens with two attached hydrogens (primary N) is 1. The quantitative estimate of drug-likeness (QED) is 0.719. The summed E-state index contributed by atoms with van der Waals surface area (Å²) in [7, 11) is 0. The van der Waals surface area contributed by atoms with Gasteiger partial charge in [0.15, 0.2) is 0 Å². The standard InChI is InChI=1S/C19H29N3O2/c1-15-14-16(19(24)22-12-6-7-13-22)9-10-17(15)21-18(23)8-4-2-3-5-11-20/h9-10,14H,2-8,11-13,20H2,1H3,(H,21,23). The van der Waals surface area contributed by atoms with E-state index in [1.807, 2.05) is 30.0 Å². The van der Waals surface area contributed by atoms with Crippen LogP contribution in [0.15, 0.2) is 18.2 Å². The van der Waals surface area contributed by atoms with Crippen molar-refractivity contribution in [3.63, 3.8) is 0 Å². The van der Waals surface area contributed by atoms with Crippen LogP contribution in [0.3, 0.4) is 0 Å². The first-order chi connectivity index (χ1) is 11.6. The van der Waals surface area contributed by atoms with Gasteiger partial charge in [-0.15, -0.1) is 0 Å². The van der Waals surface area contributed by atoms with Crippen molar-refractivity contribution >= 4 is 17.5 Å². The number of hydrogen-bond acceptors (Lipinski definition) is 3. The molecule has 0 saturated carbocycles. The van der Waals surface area contributed by atoms with Gasteiger partial charge >= 0.3 is 0 Å². The molecule has 1 saturated heterocycles. The Morgan fingerprint density at radius 3 is 2.50 bits per heavy atom. The topological polar surface area (TPSA) is 75.4 Å². The first kappa shape index (κ1) is 18.5. The van der Waals surface area contributed by atoms with Crippen LogP contribution in [0.4, 0.5) is 5.69 Å². The highest BCUT2D eigenvalue weighted by Gasteiger charge is 2.19. The van der Waals surface area contributed by atoms with E-state index in [9.17, 15) is 9.59 Å². The number of carbonyl (C=O) groups is 2. The Morgan fingerprint density at radius 2 is 1.83 bits per heavy atom. The summed E-state index contributed by atoms with van der Waals surface area (Å²) in [5.41, 5.74) is 7.88. The summed E-state index contributed by atoms with van der Waals surface area (Å²) < 4.78 is 0. The Hall–Kier alpha value is -1.88. The highest BCUT2D eigenvalue weighted by atomic mass is 16.2. The van der Waals surface area contributed by atoms with Gasteiger partial charge in [0.25, 0.3) is 5.91 Å². The number of benzene rings is 1. The molecule has 0 atom stereocenters. The number of likely N-dealkylation sites (tertiary alicyclic amines) is 1. The van der Waals surface area contributed by atoms with Gasteiger partial charge in [-0.25, -0.2) is 0 Å². The Morgan fingerprint density at radius 1 is 1.12 bits per heavy atom. The molecule has 1 heterocycles. The molecule has 24 heavy (non-hydrogen) atoms. The monoisotopic (exact) mass is 331 g/mol. The summed E-state index contributed by atoms with van der Waals surface area (Å²) in [6.07, 6.45) is 6.72. The van der Waals surface area contributed by atoms with Crippen molar-refractivity contribution < 1.29 is 9.59 Å². The zero-order chi connectivity index (χ0) is 17.4. The van der Waals surface area contributed by atoms with Crippen LogP contribution >= 0.6 is 0 Å². The molecule has 0 aliphatic carbocycles. The minimum Gasteiger partial charge on any atom is -0.339 e. The van der Waals surface area contributed by atoms with E-state index in [1.165, 1.54) is 0 Å². The summed E-state index contributed by atoms with van der Waals surface area (Å²) in [6, 6.07) is 5.52. The molecule has 3 N–H and O–H groups in total. The van der Waals surface area contributed by atoms with E-state index in [0.29, 0.717) is 18.5 Å². The smallest absolute Gasteiger partial charge is 0.253 e. The van der Waals surface area contributed by atoms with Gasteiger partial charge in [0.1, 0.15) is 0 Å². The highest BCUT2D eigenvalue weighted by Crippen LogP contribution is 2.20. The molecule has 0 unspecified atom stereocenters. The maximum Gasteiger partial charge on any atom is 0.253 e. The average molecular weight is 331 g/mol. The lowest BCUT2D eigenvalue weighted by atomic mass is 10.1. The third-order valence-electron chi connectivity index (χ3n) is 4.50. The molecule has 0 radical (unpaired) electrons. The van der Waals surface area contributed by atoms with Crippen LogP contribution in [0.2, 0.25) is 0 Å². The normalized spacial score (nSPS) is 14.0. The third-order valence-corrected chi connectivity index (χ3v) is 4.50. The second kappa shape index (κ2) is 9.42. The first-order valence-electron chi connectivity index (χ1n) is 9.01. The van der Waals surface area contributed by atoms with Crippen LogP contribution in [-0.2, 0) is 4.79 Å². The molecule has 132 valence electrons. The number of aryl methyl sites for hydroxylation is 1. The summed E-state index contributed by atoms with van der Waals surface area (Å²) in [4.78, 5) is 26.3. The Balaban J connectivity index is 1.85. The fourth-order valence-corrected chi connectivity index (χ4v) is 3.04. The van der Waals surface area contributed by atoms with E-state index in [0.717, 1.165) is 62.9 Å². The lowest BCUT2D eigenvalue weighted by Gasteiger charge is -2.16. The maximum absolute atomic E-state index is 12.4. The van der Waals surface area contributed by atoms with Crippen LogP contribution in [0.5, 0.6) is 0 Å². The van der Waals surface area contributed by atoms with Crippen LogP contribution in [0.25, 0.3) is 0 Å². The first-order valence-corrected chi connectivity index (χ1v) is 9.01. The van der Waals surface area contributed by atoms with Crippen molar-refractivity contribution in [1.29, 1.82) is 0 Å². The van der Waals surface area contributed by atoms with Crippen molar-refractivity contribution in [2.24, 2.45) is 5.73 Å². The number of nitrogens with one attached hydrogen (secondary N) is 1. The summed E-state index contributed by atoms with van der Waals surface area (Å²) >= 11 is 0. The molecule has 2 rings (SSSR count). The lowest BCUT2D eigenvalue weighted by molar-refractivity contribution is -0.116. The molecule has 1 aliphatic heterocycles. The molecular formula is C19H29N3O2. The summed E-state index contributed by atoms with van der Waals surface area (Å²) in [5, 5.41) is 2.95. The molecule has 1 fully saturated rings. The van der Waals surface area contributed by atoms with Gasteiger partial charge in [0.05, 0.1) is 0 Å². The van der Waals surface area contributed by atoms with Gasteiger partial charge in [-0.1, -0.05) is 12.8 Å². The number of amides is 2. The van der Waals surface area contributed by atoms with E-state index in [-0.39, 0.29) is 11.8 Å². The fraction of sp³-hybridized carbons (Fsp3) is 0.579. The molecule has 2 amide bonds. The zero-order valence-electron chi connectivity index (χ0n) is 14.6. The number of hydrogen-bond donors (Lipinski definition) is 2. The number of unbranched alkanes of at least 4 members (excludes halogenated alkanes) is 3. The van der Waals surface area contributed by atoms with E-state index in [2.05, 4.69) is 5.32 Å². The Bertz CT molecular complexity index is 566. The van der Waals surface area contributed by atoms with E-state index >= 15 is 0 Å². The average Bonchev–Trinajstić information content (AvgIpc) is 3.10. The van der Waals surface area contributed by atoms with Crippen molar-refractivity contribution in [3.05, 3.63) is 29.3 Å². The van der Waals surface area contributed by atoms with Crippen LogP contribution in [-0.4, -0.2) is 36.3 Å². The largest absolute Gasteiger partial charge is 0.339 e. The van der Waals surface area contributed by atoms with Gasteiger partial charge in [-0.3, -0.25) is 9.59 Å². The molecular weight excluding hydrogens is 302 g/mol. The van der Waals surface area contributed by atoms with Crippen molar-refractivity contribution in [1.82, 2.24) is 4.90 Å². The molecule has 1 aliphatic rings. The third kappa shape index (κ3) is 5.34.